The van der Waals surface area contributed by atoms with Crippen molar-refractivity contribution in [2.24, 2.45) is 0 Å². The van der Waals surface area contributed by atoms with E-state index in [1.807, 2.05) is 6.08 Å². The van der Waals surface area contributed by atoms with E-state index in [1.165, 1.54) is 6.92 Å². The minimum Gasteiger partial charge on any atom is -0.466 e. The molecule has 4 nitrogen and oxygen atoms in total. The molecule has 0 fully saturated rings. The highest BCUT2D eigenvalue weighted by atomic mass is 16.5. The molecule has 0 bridgehead atoms. The topological polar surface area (TPSA) is 63.6 Å². The van der Waals surface area contributed by atoms with E-state index in [0.29, 0.717) is 25.9 Å². The minimum atomic E-state index is -1.18. The Morgan fingerprint density at radius 1 is 0.857 bits per heavy atom. The van der Waals surface area contributed by atoms with E-state index in [-0.39, 0.29) is 11.8 Å². The maximum Gasteiger partial charge on any atom is 0.305 e. The molecule has 28 heavy (non-hydrogen) atoms. The van der Waals surface area contributed by atoms with E-state index in [9.17, 15) is 14.7 Å². The van der Waals surface area contributed by atoms with Crippen LogP contribution in [0.3, 0.4) is 0 Å². The molecule has 4 heteroatoms. The van der Waals surface area contributed by atoms with Crippen molar-refractivity contribution in [1.29, 1.82) is 0 Å². The molecule has 0 aromatic carbocycles. The number of carbonyl (C=O) groups is 2. The van der Waals surface area contributed by atoms with Crippen LogP contribution in [0.5, 0.6) is 0 Å². The molecule has 0 radical (unpaired) electrons. The Morgan fingerprint density at radius 3 is 2.18 bits per heavy atom. The van der Waals surface area contributed by atoms with Gasteiger partial charge in [-0.25, -0.2) is 0 Å². The molecule has 0 aliphatic rings. The fourth-order valence-corrected chi connectivity index (χ4v) is 3.13. The van der Waals surface area contributed by atoms with Gasteiger partial charge in [0.15, 0.2) is 5.78 Å². The van der Waals surface area contributed by atoms with E-state index in [2.05, 4.69) is 19.9 Å². The van der Waals surface area contributed by atoms with E-state index in [4.69, 9.17) is 4.74 Å². The van der Waals surface area contributed by atoms with Crippen molar-refractivity contribution < 1.29 is 19.4 Å². The van der Waals surface area contributed by atoms with Crippen LogP contribution >= 0.6 is 0 Å². The number of unbranched alkanes of at least 4 members (excludes halogenated alkanes) is 9. The van der Waals surface area contributed by atoms with E-state index >= 15 is 0 Å². The quantitative estimate of drug-likeness (QED) is 0.158. The van der Waals surface area contributed by atoms with Gasteiger partial charge in [0.25, 0.3) is 0 Å². The average Bonchev–Trinajstić information content (AvgIpc) is 2.66. The molecule has 1 N–H and O–H groups in total. The number of Topliss-reactive ketones (excluding diaryl/α,β-unsaturated/α-hetero) is 1. The third kappa shape index (κ3) is 14.8. The fourth-order valence-electron chi connectivity index (χ4n) is 3.13. The second-order valence-electron chi connectivity index (χ2n) is 7.95. The second kappa shape index (κ2) is 17.9. The van der Waals surface area contributed by atoms with Crippen molar-refractivity contribution in [3.8, 4) is 0 Å². The van der Waals surface area contributed by atoms with Gasteiger partial charge in [-0.2, -0.15) is 0 Å². The zero-order valence-corrected chi connectivity index (χ0v) is 18.6. The summed E-state index contributed by atoms with van der Waals surface area (Å²) in [4.78, 5) is 23.3. The number of hydrogen-bond acceptors (Lipinski definition) is 4. The second-order valence-corrected chi connectivity index (χ2v) is 7.95. The van der Waals surface area contributed by atoms with Gasteiger partial charge < -0.3 is 9.84 Å². The van der Waals surface area contributed by atoms with Crippen molar-refractivity contribution in [2.75, 3.05) is 6.61 Å². The highest BCUT2D eigenvalue weighted by molar-refractivity contribution is 5.84. The first-order valence-corrected chi connectivity index (χ1v) is 11.5. The Labute approximate surface area is 173 Å². The van der Waals surface area contributed by atoms with Crippen LogP contribution in [-0.4, -0.2) is 29.1 Å². The van der Waals surface area contributed by atoms with Gasteiger partial charge in [0.05, 0.1) is 6.61 Å². The van der Waals surface area contributed by atoms with Crippen LogP contribution in [0.4, 0.5) is 0 Å². The maximum absolute atomic E-state index is 11.8. The zero-order chi connectivity index (χ0) is 21.1. The molecule has 0 heterocycles. The summed E-state index contributed by atoms with van der Waals surface area (Å²) >= 11 is 0. The lowest BCUT2D eigenvalue weighted by atomic mass is 9.88. The van der Waals surface area contributed by atoms with Gasteiger partial charge in [-0.3, -0.25) is 9.59 Å². The van der Waals surface area contributed by atoms with Crippen molar-refractivity contribution in [3.63, 3.8) is 0 Å². The Kier molecular flexibility index (Phi) is 17.2. The highest BCUT2D eigenvalue weighted by Gasteiger charge is 2.30. The van der Waals surface area contributed by atoms with Gasteiger partial charge in [-0.1, -0.05) is 77.4 Å². The van der Waals surface area contributed by atoms with E-state index in [1.54, 1.807) is 0 Å². The molecule has 0 rings (SSSR count). The summed E-state index contributed by atoms with van der Waals surface area (Å²) in [5.74, 6) is -0.189. The van der Waals surface area contributed by atoms with Crippen LogP contribution in [-0.2, 0) is 14.3 Å². The summed E-state index contributed by atoms with van der Waals surface area (Å²) in [6.45, 7) is 6.29. The van der Waals surface area contributed by atoms with Crippen LogP contribution in [0.15, 0.2) is 12.2 Å². The number of esters is 1. The largest absolute Gasteiger partial charge is 0.466 e. The number of hydrogen-bond donors (Lipinski definition) is 1. The summed E-state index contributed by atoms with van der Waals surface area (Å²) in [5.41, 5.74) is -1.18. The molecule has 0 saturated heterocycles. The number of ether oxygens (including phenoxy) is 1. The monoisotopic (exact) mass is 396 g/mol. The first-order valence-electron chi connectivity index (χ1n) is 11.5. The zero-order valence-electron chi connectivity index (χ0n) is 18.6. The minimum absolute atomic E-state index is 0.0657. The van der Waals surface area contributed by atoms with Crippen LogP contribution in [0.1, 0.15) is 117 Å². The van der Waals surface area contributed by atoms with Gasteiger partial charge in [0, 0.05) is 12.8 Å². The molecule has 0 spiro atoms. The molecular formula is C24H44O4. The first kappa shape index (κ1) is 26.8. The predicted octanol–water partition coefficient (Wildman–Crippen LogP) is 6.30. The number of carbonyl (C=O) groups excluding carboxylic acids is 2. The van der Waals surface area contributed by atoms with Crippen LogP contribution in [0.25, 0.3) is 0 Å². The number of aliphatic hydroxyl groups is 1. The Bertz CT molecular complexity index is 430. The third-order valence-corrected chi connectivity index (χ3v) is 5.23. The van der Waals surface area contributed by atoms with E-state index < -0.39 is 5.60 Å². The molecule has 1 atom stereocenters. The number of rotatable bonds is 19. The van der Waals surface area contributed by atoms with Gasteiger partial charge in [0.1, 0.15) is 5.60 Å². The first-order chi connectivity index (χ1) is 13.5. The highest BCUT2D eigenvalue weighted by Crippen LogP contribution is 2.22. The molecule has 0 unspecified atom stereocenters. The summed E-state index contributed by atoms with van der Waals surface area (Å²) in [5, 5.41) is 10.6. The van der Waals surface area contributed by atoms with Crippen LogP contribution in [0, 0.1) is 0 Å². The third-order valence-electron chi connectivity index (χ3n) is 5.23. The number of ketones is 1. The summed E-state index contributed by atoms with van der Waals surface area (Å²) in [6.07, 6.45) is 18.2. The lowest BCUT2D eigenvalue weighted by Gasteiger charge is -2.23. The van der Waals surface area contributed by atoms with Crippen molar-refractivity contribution in [1.82, 2.24) is 0 Å². The molecule has 0 aromatic rings. The molecule has 164 valence electrons. The lowest BCUT2D eigenvalue weighted by Crippen LogP contribution is -2.36. The van der Waals surface area contributed by atoms with Gasteiger partial charge in [-0.05, 0) is 39.0 Å². The number of allylic oxidation sites excluding steroid dienone is 1. The smallest absolute Gasteiger partial charge is 0.305 e. The molecule has 0 aliphatic heterocycles. The Morgan fingerprint density at radius 2 is 1.50 bits per heavy atom. The van der Waals surface area contributed by atoms with Crippen LogP contribution < -0.4 is 0 Å². The summed E-state index contributed by atoms with van der Waals surface area (Å²) < 4.78 is 5.14. The SMILES string of the molecule is CCCCCC[C@@](O)(C/C=C\CCCCCCCC(=O)OCCCC)C(C)=O. The molecule has 0 aromatic heterocycles. The Balaban J connectivity index is 3.73. The predicted molar refractivity (Wildman–Crippen MR) is 116 cm³/mol. The van der Waals surface area contributed by atoms with E-state index in [0.717, 1.165) is 77.0 Å². The van der Waals surface area contributed by atoms with Crippen molar-refractivity contribution in [2.45, 2.75) is 123 Å². The van der Waals surface area contributed by atoms with Gasteiger partial charge in [0.2, 0.25) is 0 Å². The molecule has 0 amide bonds. The maximum atomic E-state index is 11.8. The molecular weight excluding hydrogens is 352 g/mol. The molecule has 0 aliphatic carbocycles. The summed E-state index contributed by atoms with van der Waals surface area (Å²) in [6, 6.07) is 0. The molecule has 0 saturated carbocycles. The van der Waals surface area contributed by atoms with Crippen LogP contribution in [0.2, 0.25) is 0 Å². The van der Waals surface area contributed by atoms with Gasteiger partial charge in [-0.15, -0.1) is 0 Å². The normalized spacial score (nSPS) is 13.6. The summed E-state index contributed by atoms with van der Waals surface area (Å²) in [7, 11) is 0. The fraction of sp³-hybridized carbons (Fsp3) is 0.833. The standard InChI is InChI=1S/C24H44O4/c1-4-6-8-16-19-24(27,22(3)25)20-17-14-12-10-9-11-13-15-18-23(26)28-21-7-5-2/h14,17,27H,4-13,15-16,18-21H2,1-3H3/b17-14-/t24-/m1/s1. The van der Waals surface area contributed by atoms with Crippen molar-refractivity contribution >= 4 is 11.8 Å². The average molecular weight is 397 g/mol. The van der Waals surface area contributed by atoms with Gasteiger partial charge >= 0.3 is 5.97 Å². The Hall–Kier alpha value is -1.16. The lowest BCUT2D eigenvalue weighted by molar-refractivity contribution is -0.143. The van der Waals surface area contributed by atoms with Crippen molar-refractivity contribution in [3.05, 3.63) is 12.2 Å².